The predicted octanol–water partition coefficient (Wildman–Crippen LogP) is 3.03. The van der Waals surface area contributed by atoms with E-state index in [1.807, 2.05) is 22.9 Å². The second-order valence-electron chi connectivity index (χ2n) is 6.41. The molecule has 4 rings (SSSR count). The van der Waals surface area contributed by atoms with Gasteiger partial charge in [-0.3, -0.25) is 9.36 Å². The van der Waals surface area contributed by atoms with Gasteiger partial charge >= 0.3 is 0 Å². The second-order valence-corrected chi connectivity index (χ2v) is 6.41. The number of carbonyl (C=O) groups excluding carboxylic acids is 1. The lowest BCUT2D eigenvalue weighted by molar-refractivity contribution is -0.117. The van der Waals surface area contributed by atoms with E-state index in [4.69, 9.17) is 0 Å². The first-order valence-electron chi connectivity index (χ1n) is 8.06. The van der Waals surface area contributed by atoms with Gasteiger partial charge in [-0.1, -0.05) is 25.7 Å². The lowest BCUT2D eigenvalue weighted by Gasteiger charge is -2.09. The van der Waals surface area contributed by atoms with E-state index in [0.717, 1.165) is 23.8 Å². The minimum Gasteiger partial charge on any atom is -0.324 e. The number of nitrogens with zero attached hydrogens (tertiary/aromatic N) is 3. The molecule has 2 saturated carbocycles. The van der Waals surface area contributed by atoms with E-state index >= 15 is 0 Å². The zero-order valence-corrected chi connectivity index (χ0v) is 12.5. The first-order chi connectivity index (χ1) is 10.8. The quantitative estimate of drug-likeness (QED) is 0.943. The summed E-state index contributed by atoms with van der Waals surface area (Å²) in [5, 5.41) is 3.00. The molecule has 0 aromatic carbocycles. The van der Waals surface area contributed by atoms with E-state index in [1.165, 1.54) is 25.7 Å². The standard InChI is InChI=1S/C17H20N4O/c22-17(15-9-14(15)12-3-1-2-4-12)20-13-5-6-16(19-10-13)21-8-7-18-11-21/h5-8,10-12,14-15H,1-4,9H2,(H,20,22). The molecule has 114 valence electrons. The van der Waals surface area contributed by atoms with Gasteiger partial charge in [0.25, 0.3) is 0 Å². The Morgan fingerprint density at radius 3 is 2.82 bits per heavy atom. The highest BCUT2D eigenvalue weighted by Gasteiger charge is 2.47. The maximum atomic E-state index is 12.3. The van der Waals surface area contributed by atoms with E-state index < -0.39 is 0 Å². The Hall–Kier alpha value is -2.17. The van der Waals surface area contributed by atoms with Crippen LogP contribution in [0.3, 0.4) is 0 Å². The summed E-state index contributed by atoms with van der Waals surface area (Å²) < 4.78 is 1.84. The fourth-order valence-corrected chi connectivity index (χ4v) is 3.66. The molecule has 2 atom stereocenters. The molecule has 2 fully saturated rings. The lowest BCUT2D eigenvalue weighted by atomic mass is 10.0. The highest BCUT2D eigenvalue weighted by Crippen LogP contribution is 2.50. The van der Waals surface area contributed by atoms with Gasteiger partial charge in [0.05, 0.1) is 11.9 Å². The van der Waals surface area contributed by atoms with E-state index in [1.54, 1.807) is 18.7 Å². The number of nitrogens with one attached hydrogen (secondary N) is 1. The Morgan fingerprint density at radius 1 is 1.27 bits per heavy atom. The van der Waals surface area contributed by atoms with Crippen LogP contribution < -0.4 is 5.32 Å². The van der Waals surface area contributed by atoms with Gasteiger partial charge in [-0.05, 0) is 30.4 Å². The van der Waals surface area contributed by atoms with Gasteiger partial charge in [-0.2, -0.15) is 0 Å². The van der Waals surface area contributed by atoms with Crippen LogP contribution in [0.1, 0.15) is 32.1 Å². The molecule has 0 radical (unpaired) electrons. The minimum absolute atomic E-state index is 0.161. The molecule has 5 nitrogen and oxygen atoms in total. The van der Waals surface area contributed by atoms with Crippen molar-refractivity contribution in [2.24, 2.45) is 17.8 Å². The number of anilines is 1. The lowest BCUT2D eigenvalue weighted by Crippen LogP contribution is -2.16. The van der Waals surface area contributed by atoms with Crippen LogP contribution in [0.15, 0.2) is 37.1 Å². The summed E-state index contributed by atoms with van der Waals surface area (Å²) in [5.74, 6) is 2.59. The van der Waals surface area contributed by atoms with Gasteiger partial charge in [0.15, 0.2) is 0 Å². The van der Waals surface area contributed by atoms with Crippen LogP contribution in [0.4, 0.5) is 5.69 Å². The number of hydrogen-bond acceptors (Lipinski definition) is 3. The zero-order chi connectivity index (χ0) is 14.9. The Morgan fingerprint density at radius 2 is 2.14 bits per heavy atom. The van der Waals surface area contributed by atoms with Crippen LogP contribution in [0, 0.1) is 17.8 Å². The van der Waals surface area contributed by atoms with Gasteiger partial charge in [0.2, 0.25) is 5.91 Å². The summed E-state index contributed by atoms with van der Waals surface area (Å²) in [5.41, 5.74) is 0.769. The Bertz CT molecular complexity index is 644. The van der Waals surface area contributed by atoms with Gasteiger partial charge in [0, 0.05) is 18.3 Å². The summed E-state index contributed by atoms with van der Waals surface area (Å²) in [6.45, 7) is 0. The van der Waals surface area contributed by atoms with Crippen LogP contribution in [-0.4, -0.2) is 20.4 Å². The van der Waals surface area contributed by atoms with E-state index in [-0.39, 0.29) is 11.8 Å². The Labute approximate surface area is 129 Å². The second kappa shape index (κ2) is 5.55. The molecule has 2 aromatic rings. The van der Waals surface area contributed by atoms with Crippen molar-refractivity contribution < 1.29 is 4.79 Å². The largest absolute Gasteiger partial charge is 0.324 e. The van der Waals surface area contributed by atoms with Gasteiger partial charge in [-0.15, -0.1) is 0 Å². The van der Waals surface area contributed by atoms with Crippen LogP contribution in [-0.2, 0) is 4.79 Å². The number of pyridine rings is 1. The molecule has 0 spiro atoms. The van der Waals surface area contributed by atoms with Crippen molar-refractivity contribution in [3.05, 3.63) is 37.1 Å². The molecule has 2 aliphatic rings. The summed E-state index contributed by atoms with van der Waals surface area (Å²) >= 11 is 0. The third-order valence-electron chi connectivity index (χ3n) is 4.97. The van der Waals surface area contributed by atoms with Crippen molar-refractivity contribution in [1.29, 1.82) is 0 Å². The average Bonchev–Trinajstić information content (AvgIpc) is 2.97. The van der Waals surface area contributed by atoms with Crippen LogP contribution in [0.5, 0.6) is 0 Å². The molecule has 2 heterocycles. The van der Waals surface area contributed by atoms with E-state index in [2.05, 4.69) is 15.3 Å². The van der Waals surface area contributed by atoms with Crippen LogP contribution in [0.25, 0.3) is 5.82 Å². The van der Waals surface area contributed by atoms with Gasteiger partial charge in [0.1, 0.15) is 12.1 Å². The third-order valence-corrected chi connectivity index (χ3v) is 4.97. The monoisotopic (exact) mass is 296 g/mol. The Kier molecular flexibility index (Phi) is 3.41. The molecule has 2 aromatic heterocycles. The maximum absolute atomic E-state index is 12.3. The molecular weight excluding hydrogens is 276 g/mol. The molecule has 5 heteroatoms. The minimum atomic E-state index is 0.161. The fourth-order valence-electron chi connectivity index (χ4n) is 3.66. The van der Waals surface area contributed by atoms with Crippen molar-refractivity contribution in [3.8, 4) is 5.82 Å². The SMILES string of the molecule is O=C(Nc1ccc(-n2ccnc2)nc1)C1CC1C1CCCC1. The molecular formula is C17H20N4O. The number of aromatic nitrogens is 3. The van der Waals surface area contributed by atoms with Crippen molar-refractivity contribution in [3.63, 3.8) is 0 Å². The molecule has 2 aliphatic carbocycles. The molecule has 22 heavy (non-hydrogen) atoms. The Balaban J connectivity index is 1.36. The highest BCUT2D eigenvalue weighted by molar-refractivity contribution is 5.94. The van der Waals surface area contributed by atoms with E-state index in [9.17, 15) is 4.79 Å². The first-order valence-corrected chi connectivity index (χ1v) is 8.06. The number of imidazole rings is 1. The maximum Gasteiger partial charge on any atom is 0.227 e. The summed E-state index contributed by atoms with van der Waals surface area (Å²) in [6, 6.07) is 3.78. The number of hydrogen-bond donors (Lipinski definition) is 1. The number of amides is 1. The third kappa shape index (κ3) is 2.63. The van der Waals surface area contributed by atoms with Gasteiger partial charge in [-0.25, -0.2) is 9.97 Å². The summed E-state index contributed by atoms with van der Waals surface area (Å²) in [4.78, 5) is 20.7. The van der Waals surface area contributed by atoms with Crippen LogP contribution >= 0.6 is 0 Å². The zero-order valence-electron chi connectivity index (χ0n) is 12.5. The predicted molar refractivity (Wildman–Crippen MR) is 83.5 cm³/mol. The molecule has 1 amide bonds. The van der Waals surface area contributed by atoms with Crippen molar-refractivity contribution in [2.45, 2.75) is 32.1 Å². The normalized spacial score (nSPS) is 24.4. The smallest absolute Gasteiger partial charge is 0.227 e. The van der Waals surface area contributed by atoms with E-state index in [0.29, 0.717) is 5.92 Å². The fraction of sp³-hybridized carbons (Fsp3) is 0.471. The number of rotatable bonds is 4. The molecule has 0 bridgehead atoms. The topological polar surface area (TPSA) is 59.8 Å². The van der Waals surface area contributed by atoms with Crippen molar-refractivity contribution in [1.82, 2.24) is 14.5 Å². The van der Waals surface area contributed by atoms with Gasteiger partial charge < -0.3 is 5.32 Å². The molecule has 0 aliphatic heterocycles. The van der Waals surface area contributed by atoms with Crippen molar-refractivity contribution in [2.75, 3.05) is 5.32 Å². The molecule has 1 N–H and O–H groups in total. The summed E-state index contributed by atoms with van der Waals surface area (Å²) in [6.07, 6.45) is 13.4. The first kappa shape index (κ1) is 13.5. The summed E-state index contributed by atoms with van der Waals surface area (Å²) in [7, 11) is 0. The van der Waals surface area contributed by atoms with Crippen molar-refractivity contribution >= 4 is 11.6 Å². The van der Waals surface area contributed by atoms with Crippen LogP contribution in [0.2, 0.25) is 0 Å². The number of carbonyl (C=O) groups is 1. The molecule has 0 saturated heterocycles. The average molecular weight is 296 g/mol. The molecule has 2 unspecified atom stereocenters. The highest BCUT2D eigenvalue weighted by atomic mass is 16.2.